The summed E-state index contributed by atoms with van der Waals surface area (Å²) in [6.07, 6.45) is 2.98. The number of methoxy groups -OCH3 is 1. The van der Waals surface area contributed by atoms with Crippen molar-refractivity contribution >= 4 is 11.8 Å². The molecule has 25 heavy (non-hydrogen) atoms. The summed E-state index contributed by atoms with van der Waals surface area (Å²) in [6.45, 7) is 3.98. The predicted molar refractivity (Wildman–Crippen MR) is 97.5 cm³/mol. The third-order valence-electron chi connectivity index (χ3n) is 4.56. The Balaban J connectivity index is 1.93. The third kappa shape index (κ3) is 5.46. The first-order chi connectivity index (χ1) is 12.0. The van der Waals surface area contributed by atoms with Crippen molar-refractivity contribution in [2.45, 2.75) is 32.2 Å². The SMILES string of the molecule is CCCNC(=O)CN(C)C(=O)CN1CCCC1c1cccc(OC)c1. The first-order valence-electron chi connectivity index (χ1n) is 8.93. The van der Waals surface area contributed by atoms with Gasteiger partial charge in [0.2, 0.25) is 11.8 Å². The van der Waals surface area contributed by atoms with Gasteiger partial charge in [0.05, 0.1) is 20.2 Å². The number of hydrogen-bond donors (Lipinski definition) is 1. The molecule has 1 unspecified atom stereocenters. The number of benzene rings is 1. The normalized spacial score (nSPS) is 17.3. The van der Waals surface area contributed by atoms with Gasteiger partial charge in [-0.3, -0.25) is 14.5 Å². The van der Waals surface area contributed by atoms with Crippen molar-refractivity contribution in [2.24, 2.45) is 0 Å². The van der Waals surface area contributed by atoms with Crippen molar-refractivity contribution in [1.29, 1.82) is 0 Å². The van der Waals surface area contributed by atoms with Crippen molar-refractivity contribution in [2.75, 3.05) is 40.3 Å². The molecule has 0 aromatic heterocycles. The highest BCUT2D eigenvalue weighted by Crippen LogP contribution is 2.33. The van der Waals surface area contributed by atoms with Crippen LogP contribution in [0.1, 0.15) is 37.8 Å². The molecule has 0 bridgehead atoms. The number of ether oxygens (including phenoxy) is 1. The van der Waals surface area contributed by atoms with E-state index in [4.69, 9.17) is 4.74 Å². The number of nitrogens with one attached hydrogen (secondary N) is 1. The second-order valence-electron chi connectivity index (χ2n) is 6.50. The highest BCUT2D eigenvalue weighted by atomic mass is 16.5. The lowest BCUT2D eigenvalue weighted by Gasteiger charge is -2.27. The molecule has 1 aliphatic heterocycles. The van der Waals surface area contributed by atoms with Gasteiger partial charge in [0.1, 0.15) is 5.75 Å². The minimum absolute atomic E-state index is 0.0264. The zero-order valence-corrected chi connectivity index (χ0v) is 15.5. The van der Waals surface area contributed by atoms with Gasteiger partial charge in [-0.2, -0.15) is 0 Å². The zero-order chi connectivity index (χ0) is 18.2. The Labute approximate surface area is 150 Å². The molecule has 6 nitrogen and oxygen atoms in total. The molecule has 1 N–H and O–H groups in total. The van der Waals surface area contributed by atoms with Crippen molar-refractivity contribution in [3.63, 3.8) is 0 Å². The van der Waals surface area contributed by atoms with Crippen molar-refractivity contribution in [3.05, 3.63) is 29.8 Å². The Morgan fingerprint density at radius 3 is 2.92 bits per heavy atom. The molecular weight excluding hydrogens is 318 g/mol. The van der Waals surface area contributed by atoms with E-state index in [9.17, 15) is 9.59 Å². The average molecular weight is 347 g/mol. The summed E-state index contributed by atoms with van der Waals surface area (Å²) in [5.74, 6) is 0.699. The lowest BCUT2D eigenvalue weighted by Crippen LogP contribution is -2.43. The largest absolute Gasteiger partial charge is 0.497 e. The van der Waals surface area contributed by atoms with E-state index in [0.29, 0.717) is 13.1 Å². The molecule has 1 fully saturated rings. The van der Waals surface area contributed by atoms with E-state index < -0.39 is 0 Å². The van der Waals surface area contributed by atoms with Crippen LogP contribution in [0.3, 0.4) is 0 Å². The molecule has 138 valence electrons. The van der Waals surface area contributed by atoms with Gasteiger partial charge in [-0.05, 0) is 43.5 Å². The van der Waals surface area contributed by atoms with Crippen molar-refractivity contribution in [3.8, 4) is 5.75 Å². The molecule has 1 aromatic carbocycles. The summed E-state index contributed by atoms with van der Waals surface area (Å²) in [5, 5.41) is 2.80. The fraction of sp³-hybridized carbons (Fsp3) is 0.579. The van der Waals surface area contributed by atoms with Gasteiger partial charge in [-0.1, -0.05) is 19.1 Å². The van der Waals surface area contributed by atoms with E-state index in [1.807, 2.05) is 25.1 Å². The Bertz CT molecular complexity index is 591. The number of hydrogen-bond acceptors (Lipinski definition) is 4. The number of likely N-dealkylation sites (N-methyl/N-ethyl adjacent to an activating group) is 1. The van der Waals surface area contributed by atoms with E-state index in [2.05, 4.69) is 16.3 Å². The van der Waals surface area contributed by atoms with E-state index in [-0.39, 0.29) is 24.4 Å². The number of amides is 2. The summed E-state index contributed by atoms with van der Waals surface area (Å²) in [6, 6.07) is 8.25. The fourth-order valence-corrected chi connectivity index (χ4v) is 3.16. The van der Waals surface area contributed by atoms with E-state index in [1.54, 1.807) is 14.2 Å². The minimum atomic E-state index is -0.108. The van der Waals surface area contributed by atoms with Crippen LogP contribution in [0.25, 0.3) is 0 Å². The summed E-state index contributed by atoms with van der Waals surface area (Å²) < 4.78 is 5.31. The number of carbonyl (C=O) groups excluding carboxylic acids is 2. The quantitative estimate of drug-likeness (QED) is 0.779. The molecule has 1 saturated heterocycles. The van der Waals surface area contributed by atoms with E-state index in [1.165, 1.54) is 10.5 Å². The first-order valence-corrected chi connectivity index (χ1v) is 8.93. The summed E-state index contributed by atoms with van der Waals surface area (Å²) in [7, 11) is 3.35. The summed E-state index contributed by atoms with van der Waals surface area (Å²) >= 11 is 0. The van der Waals surface area contributed by atoms with Crippen LogP contribution in [-0.4, -0.2) is 62.0 Å². The molecule has 0 radical (unpaired) electrons. The second-order valence-corrected chi connectivity index (χ2v) is 6.50. The van der Waals surface area contributed by atoms with Crippen LogP contribution in [0.5, 0.6) is 5.75 Å². The lowest BCUT2D eigenvalue weighted by atomic mass is 10.0. The van der Waals surface area contributed by atoms with E-state index >= 15 is 0 Å². The highest BCUT2D eigenvalue weighted by molar-refractivity contribution is 5.85. The van der Waals surface area contributed by atoms with Crippen LogP contribution in [0.2, 0.25) is 0 Å². The monoisotopic (exact) mass is 347 g/mol. The minimum Gasteiger partial charge on any atom is -0.497 e. The lowest BCUT2D eigenvalue weighted by molar-refractivity contribution is -0.135. The first kappa shape index (κ1) is 19.2. The van der Waals surface area contributed by atoms with Gasteiger partial charge in [-0.25, -0.2) is 0 Å². The second kappa shape index (κ2) is 9.42. The van der Waals surface area contributed by atoms with Gasteiger partial charge < -0.3 is 15.0 Å². The molecule has 1 heterocycles. The number of likely N-dealkylation sites (tertiary alicyclic amines) is 1. The molecular formula is C19H29N3O3. The van der Waals surface area contributed by atoms with Gasteiger partial charge in [0.25, 0.3) is 0 Å². The molecule has 6 heteroatoms. The number of nitrogens with zero attached hydrogens (tertiary/aromatic N) is 2. The Kier molecular flexibility index (Phi) is 7.25. The fourth-order valence-electron chi connectivity index (χ4n) is 3.16. The van der Waals surface area contributed by atoms with Crippen LogP contribution < -0.4 is 10.1 Å². The standard InChI is InChI=1S/C19H29N3O3/c1-4-10-20-18(23)13-21(2)19(24)14-22-11-6-9-17(22)15-7-5-8-16(12-15)25-3/h5,7-8,12,17H,4,6,9-11,13-14H2,1-3H3,(H,20,23). The zero-order valence-electron chi connectivity index (χ0n) is 15.5. The molecule has 1 aliphatic rings. The van der Waals surface area contributed by atoms with E-state index in [0.717, 1.165) is 31.6 Å². The summed E-state index contributed by atoms with van der Waals surface area (Å²) in [5.41, 5.74) is 1.17. The highest BCUT2D eigenvalue weighted by Gasteiger charge is 2.28. The Morgan fingerprint density at radius 2 is 2.20 bits per heavy atom. The molecule has 2 rings (SSSR count). The Hall–Kier alpha value is -2.08. The third-order valence-corrected chi connectivity index (χ3v) is 4.56. The smallest absolute Gasteiger partial charge is 0.239 e. The van der Waals surface area contributed by atoms with Crippen molar-refractivity contribution < 1.29 is 14.3 Å². The molecule has 1 aromatic rings. The number of rotatable bonds is 8. The molecule has 0 spiro atoms. The van der Waals surface area contributed by atoms with Crippen LogP contribution in [-0.2, 0) is 9.59 Å². The van der Waals surface area contributed by atoms with Gasteiger partial charge >= 0.3 is 0 Å². The molecule has 0 saturated carbocycles. The maximum Gasteiger partial charge on any atom is 0.239 e. The Morgan fingerprint density at radius 1 is 1.40 bits per heavy atom. The molecule has 1 atom stereocenters. The number of carbonyl (C=O) groups is 2. The van der Waals surface area contributed by atoms with Crippen LogP contribution in [0, 0.1) is 0 Å². The van der Waals surface area contributed by atoms with Crippen molar-refractivity contribution in [1.82, 2.24) is 15.1 Å². The predicted octanol–water partition coefficient (Wildman–Crippen LogP) is 1.82. The summed E-state index contributed by atoms with van der Waals surface area (Å²) in [4.78, 5) is 28.0. The maximum atomic E-state index is 12.5. The van der Waals surface area contributed by atoms with Crippen LogP contribution in [0.15, 0.2) is 24.3 Å². The van der Waals surface area contributed by atoms with Gasteiger partial charge in [0, 0.05) is 19.6 Å². The molecule has 0 aliphatic carbocycles. The van der Waals surface area contributed by atoms with Gasteiger partial charge in [-0.15, -0.1) is 0 Å². The van der Waals surface area contributed by atoms with Gasteiger partial charge in [0.15, 0.2) is 0 Å². The van der Waals surface area contributed by atoms with Crippen LogP contribution >= 0.6 is 0 Å². The average Bonchev–Trinajstić information content (AvgIpc) is 3.08. The maximum absolute atomic E-state index is 12.5. The van der Waals surface area contributed by atoms with Crippen LogP contribution in [0.4, 0.5) is 0 Å². The molecule has 2 amide bonds. The topological polar surface area (TPSA) is 61.9 Å².